The Labute approximate surface area is 106 Å². The maximum absolute atomic E-state index is 12.4. The van der Waals surface area contributed by atoms with Crippen LogP contribution in [0.3, 0.4) is 0 Å². The van der Waals surface area contributed by atoms with Gasteiger partial charge in [0.15, 0.2) is 0 Å². The van der Waals surface area contributed by atoms with Crippen molar-refractivity contribution < 1.29 is 4.79 Å². The predicted octanol–water partition coefficient (Wildman–Crippen LogP) is 1.54. The second-order valence-corrected chi connectivity index (χ2v) is 4.88. The summed E-state index contributed by atoms with van der Waals surface area (Å²) in [5.41, 5.74) is 2.23. The molecule has 0 spiro atoms. The molecule has 3 rings (SSSR count). The number of nitrogens with one attached hydrogen (secondary N) is 1. The highest BCUT2D eigenvalue weighted by Crippen LogP contribution is 2.27. The summed E-state index contributed by atoms with van der Waals surface area (Å²) in [5.74, 6) is 0.0650. The number of rotatable bonds is 1. The summed E-state index contributed by atoms with van der Waals surface area (Å²) in [7, 11) is 0. The van der Waals surface area contributed by atoms with Crippen LogP contribution < -0.4 is 5.32 Å². The van der Waals surface area contributed by atoms with Crippen molar-refractivity contribution >= 4 is 11.6 Å². The van der Waals surface area contributed by atoms with Gasteiger partial charge in [-0.25, -0.2) is 0 Å². The average molecular weight is 241 g/mol. The minimum absolute atomic E-state index is 0.0650. The number of para-hydroxylation sites is 1. The summed E-state index contributed by atoms with van der Waals surface area (Å²) in [4.78, 5) is 14.1. The molecule has 0 aliphatic carbocycles. The quantitative estimate of drug-likeness (QED) is 0.811. The van der Waals surface area contributed by atoms with Gasteiger partial charge in [-0.1, -0.05) is 18.2 Å². The monoisotopic (exact) mass is 241 g/mol. The molecular weight excluding hydrogens is 226 g/mol. The molecule has 1 amide bonds. The highest BCUT2D eigenvalue weighted by Gasteiger charge is 2.35. The topological polar surface area (TPSA) is 56.1 Å². The Morgan fingerprint density at radius 1 is 1.44 bits per heavy atom. The van der Waals surface area contributed by atoms with Gasteiger partial charge in [-0.3, -0.25) is 4.79 Å². The van der Waals surface area contributed by atoms with E-state index in [-0.39, 0.29) is 18.0 Å². The molecule has 4 heteroatoms. The molecule has 1 N–H and O–H groups in total. The standard InChI is InChI=1S/C14H15N3O/c15-9-11-5-3-7-17(11)14(18)13-8-10-4-1-2-6-12(10)16-13/h1-2,4,6,11,13,16H,3,5,7-8H2/t11-,13-/m0/s1. The van der Waals surface area contributed by atoms with Gasteiger partial charge >= 0.3 is 0 Å². The maximum Gasteiger partial charge on any atom is 0.246 e. The number of nitrogens with zero attached hydrogens (tertiary/aromatic N) is 2. The number of benzene rings is 1. The van der Waals surface area contributed by atoms with Crippen LogP contribution in [0.25, 0.3) is 0 Å². The lowest BCUT2D eigenvalue weighted by molar-refractivity contribution is -0.131. The summed E-state index contributed by atoms with van der Waals surface area (Å²) in [6.45, 7) is 0.714. The molecule has 92 valence electrons. The molecule has 1 aromatic rings. The average Bonchev–Trinajstić information content (AvgIpc) is 3.03. The van der Waals surface area contributed by atoms with Crippen molar-refractivity contribution in [3.63, 3.8) is 0 Å². The lowest BCUT2D eigenvalue weighted by atomic mass is 10.1. The van der Waals surface area contributed by atoms with E-state index in [0.29, 0.717) is 6.54 Å². The van der Waals surface area contributed by atoms with Crippen molar-refractivity contribution in [2.75, 3.05) is 11.9 Å². The molecule has 1 aromatic carbocycles. The molecule has 1 fully saturated rings. The largest absolute Gasteiger partial charge is 0.373 e. The fourth-order valence-corrected chi connectivity index (χ4v) is 2.81. The first-order valence-corrected chi connectivity index (χ1v) is 6.34. The summed E-state index contributed by atoms with van der Waals surface area (Å²) < 4.78 is 0. The lowest BCUT2D eigenvalue weighted by Crippen LogP contribution is -2.44. The number of nitriles is 1. The first-order chi connectivity index (χ1) is 8.79. The van der Waals surface area contributed by atoms with Gasteiger partial charge in [0.05, 0.1) is 6.07 Å². The Balaban J connectivity index is 1.75. The van der Waals surface area contributed by atoms with Crippen LogP contribution in [0.4, 0.5) is 5.69 Å². The normalized spacial score (nSPS) is 25.4. The van der Waals surface area contributed by atoms with Crippen LogP contribution in [0.1, 0.15) is 18.4 Å². The smallest absolute Gasteiger partial charge is 0.246 e. The number of fused-ring (bicyclic) bond motifs is 1. The van der Waals surface area contributed by atoms with Gasteiger partial charge in [0.1, 0.15) is 12.1 Å². The van der Waals surface area contributed by atoms with Crippen LogP contribution in [0.15, 0.2) is 24.3 Å². The van der Waals surface area contributed by atoms with Gasteiger partial charge in [0.2, 0.25) is 5.91 Å². The van der Waals surface area contributed by atoms with E-state index in [1.165, 1.54) is 5.56 Å². The molecule has 2 aliphatic heterocycles. The number of anilines is 1. The highest BCUT2D eigenvalue weighted by molar-refractivity contribution is 5.88. The van der Waals surface area contributed by atoms with Crippen LogP contribution in [-0.2, 0) is 11.2 Å². The number of hydrogen-bond acceptors (Lipinski definition) is 3. The Morgan fingerprint density at radius 2 is 2.28 bits per heavy atom. The van der Waals surface area contributed by atoms with E-state index in [1.807, 2.05) is 24.3 Å². The summed E-state index contributed by atoms with van der Waals surface area (Å²) >= 11 is 0. The van der Waals surface area contributed by atoms with Gasteiger partial charge in [-0.2, -0.15) is 5.26 Å². The van der Waals surface area contributed by atoms with Gasteiger partial charge in [0, 0.05) is 18.7 Å². The fourth-order valence-electron chi connectivity index (χ4n) is 2.81. The van der Waals surface area contributed by atoms with E-state index >= 15 is 0 Å². The first-order valence-electron chi connectivity index (χ1n) is 6.34. The second kappa shape index (κ2) is 4.34. The van der Waals surface area contributed by atoms with Gasteiger partial charge in [-0.15, -0.1) is 0 Å². The molecule has 0 radical (unpaired) electrons. The third-order valence-corrected chi connectivity index (χ3v) is 3.75. The van der Waals surface area contributed by atoms with Gasteiger partial charge in [0.25, 0.3) is 0 Å². The van der Waals surface area contributed by atoms with E-state index in [2.05, 4.69) is 11.4 Å². The molecule has 0 aromatic heterocycles. The van der Waals surface area contributed by atoms with E-state index < -0.39 is 0 Å². The minimum atomic E-state index is -0.233. The van der Waals surface area contributed by atoms with Crippen molar-refractivity contribution in [3.05, 3.63) is 29.8 Å². The highest BCUT2D eigenvalue weighted by atomic mass is 16.2. The van der Waals surface area contributed by atoms with Gasteiger partial charge in [-0.05, 0) is 24.5 Å². The third-order valence-electron chi connectivity index (χ3n) is 3.75. The fraction of sp³-hybridized carbons (Fsp3) is 0.429. The van der Waals surface area contributed by atoms with Crippen molar-refractivity contribution in [2.45, 2.75) is 31.3 Å². The van der Waals surface area contributed by atoms with E-state index in [0.717, 1.165) is 24.9 Å². The minimum Gasteiger partial charge on any atom is -0.373 e. The van der Waals surface area contributed by atoms with Gasteiger partial charge < -0.3 is 10.2 Å². The number of amides is 1. The molecule has 0 saturated carbocycles. The zero-order chi connectivity index (χ0) is 12.5. The van der Waals surface area contributed by atoms with Crippen molar-refractivity contribution in [1.82, 2.24) is 4.90 Å². The Kier molecular flexibility index (Phi) is 2.67. The van der Waals surface area contributed by atoms with E-state index in [1.54, 1.807) is 4.90 Å². The molecule has 2 atom stereocenters. The number of likely N-dealkylation sites (tertiary alicyclic amines) is 1. The Bertz CT molecular complexity index is 495. The Morgan fingerprint density at radius 3 is 3.06 bits per heavy atom. The van der Waals surface area contributed by atoms with Crippen LogP contribution in [0.5, 0.6) is 0 Å². The van der Waals surface area contributed by atoms with Crippen LogP contribution in [-0.4, -0.2) is 29.4 Å². The maximum atomic E-state index is 12.4. The summed E-state index contributed by atoms with van der Waals surface area (Å²) in [5, 5.41) is 12.3. The number of hydrogen-bond donors (Lipinski definition) is 1. The first kappa shape index (κ1) is 11.1. The second-order valence-electron chi connectivity index (χ2n) is 4.88. The Hall–Kier alpha value is -2.02. The predicted molar refractivity (Wildman–Crippen MR) is 67.9 cm³/mol. The molecular formula is C14H15N3O. The summed E-state index contributed by atoms with van der Waals surface area (Å²) in [6.07, 6.45) is 2.47. The molecule has 18 heavy (non-hydrogen) atoms. The molecule has 2 heterocycles. The molecule has 0 bridgehead atoms. The lowest BCUT2D eigenvalue weighted by Gasteiger charge is -2.23. The molecule has 2 aliphatic rings. The SMILES string of the molecule is N#C[C@@H]1CCCN1C(=O)[C@@H]1Cc2ccccc2N1. The third kappa shape index (κ3) is 1.72. The zero-order valence-corrected chi connectivity index (χ0v) is 10.1. The van der Waals surface area contributed by atoms with Crippen molar-refractivity contribution in [1.29, 1.82) is 5.26 Å². The van der Waals surface area contributed by atoms with Crippen molar-refractivity contribution in [2.24, 2.45) is 0 Å². The molecule has 0 unspecified atom stereocenters. The number of carbonyl (C=O) groups excluding carboxylic acids is 1. The van der Waals surface area contributed by atoms with Crippen LogP contribution >= 0.6 is 0 Å². The molecule has 4 nitrogen and oxygen atoms in total. The summed E-state index contributed by atoms with van der Waals surface area (Å²) in [6, 6.07) is 9.78. The number of carbonyl (C=O) groups is 1. The molecule has 1 saturated heterocycles. The van der Waals surface area contributed by atoms with E-state index in [4.69, 9.17) is 5.26 Å². The van der Waals surface area contributed by atoms with Crippen LogP contribution in [0, 0.1) is 11.3 Å². The van der Waals surface area contributed by atoms with Crippen molar-refractivity contribution in [3.8, 4) is 6.07 Å². The zero-order valence-electron chi connectivity index (χ0n) is 10.1. The van der Waals surface area contributed by atoms with E-state index in [9.17, 15) is 4.79 Å². The van der Waals surface area contributed by atoms with Crippen LogP contribution in [0.2, 0.25) is 0 Å².